The zero-order chi connectivity index (χ0) is 22.0. The van der Waals surface area contributed by atoms with E-state index in [4.69, 9.17) is 0 Å². The lowest BCUT2D eigenvalue weighted by Gasteiger charge is -2.32. The summed E-state index contributed by atoms with van der Waals surface area (Å²) in [6, 6.07) is 16.4. The SMILES string of the molecule is Cc1ccccc1Cn1c(=O)c(C(=O)N2CCN(C)CC2)nn(-c2ccccc2)c1=O. The molecule has 0 atom stereocenters. The Hall–Kier alpha value is -3.52. The van der Waals surface area contributed by atoms with Crippen molar-refractivity contribution in [2.24, 2.45) is 0 Å². The van der Waals surface area contributed by atoms with Crippen LogP contribution >= 0.6 is 0 Å². The van der Waals surface area contributed by atoms with Gasteiger partial charge >= 0.3 is 5.69 Å². The van der Waals surface area contributed by atoms with E-state index >= 15 is 0 Å². The van der Waals surface area contributed by atoms with Gasteiger partial charge in [0.15, 0.2) is 0 Å². The van der Waals surface area contributed by atoms with Crippen molar-refractivity contribution in [1.29, 1.82) is 0 Å². The first-order valence-corrected chi connectivity index (χ1v) is 10.3. The summed E-state index contributed by atoms with van der Waals surface area (Å²) in [6.45, 7) is 4.47. The van der Waals surface area contributed by atoms with E-state index in [1.54, 1.807) is 29.2 Å². The summed E-state index contributed by atoms with van der Waals surface area (Å²) in [7, 11) is 1.99. The van der Waals surface area contributed by atoms with Gasteiger partial charge in [-0.15, -0.1) is 0 Å². The number of hydrogen-bond donors (Lipinski definition) is 0. The average molecular weight is 419 g/mol. The number of rotatable bonds is 4. The molecule has 0 saturated carbocycles. The molecule has 1 amide bonds. The summed E-state index contributed by atoms with van der Waals surface area (Å²) in [6.07, 6.45) is 0. The zero-order valence-electron chi connectivity index (χ0n) is 17.7. The fraction of sp³-hybridized carbons (Fsp3) is 0.304. The zero-order valence-corrected chi connectivity index (χ0v) is 17.7. The van der Waals surface area contributed by atoms with E-state index in [2.05, 4.69) is 10.00 Å². The average Bonchev–Trinajstić information content (AvgIpc) is 2.78. The topological polar surface area (TPSA) is 80.4 Å². The second-order valence-corrected chi connectivity index (χ2v) is 7.79. The number of likely N-dealkylation sites (N-methyl/N-ethyl adjacent to an activating group) is 1. The molecule has 1 aliphatic rings. The molecule has 0 spiro atoms. The lowest BCUT2D eigenvalue weighted by Crippen LogP contribution is -2.51. The molecule has 8 heteroatoms. The molecule has 1 saturated heterocycles. The van der Waals surface area contributed by atoms with Crippen molar-refractivity contribution in [3.8, 4) is 5.69 Å². The fourth-order valence-corrected chi connectivity index (χ4v) is 3.64. The molecule has 1 fully saturated rings. The van der Waals surface area contributed by atoms with Gasteiger partial charge in [-0.2, -0.15) is 9.78 Å². The summed E-state index contributed by atoms with van der Waals surface area (Å²) in [5.41, 5.74) is 0.827. The number of nitrogens with zero attached hydrogens (tertiary/aromatic N) is 5. The molecule has 3 aromatic rings. The van der Waals surface area contributed by atoms with Crippen LogP contribution < -0.4 is 11.2 Å². The molecule has 0 aliphatic carbocycles. The highest BCUT2D eigenvalue weighted by molar-refractivity contribution is 5.92. The minimum atomic E-state index is -0.663. The molecule has 0 bridgehead atoms. The smallest absolute Gasteiger partial charge is 0.335 e. The van der Waals surface area contributed by atoms with Crippen LogP contribution in [0.25, 0.3) is 5.69 Å². The third-order valence-electron chi connectivity index (χ3n) is 5.64. The number of carbonyl (C=O) groups excluding carboxylic acids is 1. The van der Waals surface area contributed by atoms with E-state index in [1.807, 2.05) is 44.3 Å². The van der Waals surface area contributed by atoms with Crippen molar-refractivity contribution in [2.75, 3.05) is 33.2 Å². The minimum Gasteiger partial charge on any atom is -0.335 e. The Morgan fingerprint density at radius 1 is 0.935 bits per heavy atom. The van der Waals surface area contributed by atoms with Crippen molar-refractivity contribution in [3.05, 3.63) is 92.3 Å². The second-order valence-electron chi connectivity index (χ2n) is 7.79. The molecule has 1 aliphatic heterocycles. The number of aromatic nitrogens is 3. The maximum absolute atomic E-state index is 13.3. The predicted octanol–water partition coefficient (Wildman–Crippen LogP) is 1.14. The molecule has 31 heavy (non-hydrogen) atoms. The van der Waals surface area contributed by atoms with Gasteiger partial charge in [0.2, 0.25) is 5.69 Å². The van der Waals surface area contributed by atoms with Crippen LogP contribution in [0, 0.1) is 6.92 Å². The van der Waals surface area contributed by atoms with Gasteiger partial charge in [-0.05, 0) is 37.2 Å². The molecule has 2 heterocycles. The lowest BCUT2D eigenvalue weighted by molar-refractivity contribution is 0.0652. The third kappa shape index (κ3) is 4.20. The number of benzene rings is 2. The largest absolute Gasteiger partial charge is 0.352 e. The van der Waals surface area contributed by atoms with E-state index in [1.165, 1.54) is 0 Å². The van der Waals surface area contributed by atoms with Gasteiger partial charge in [0.1, 0.15) is 0 Å². The van der Waals surface area contributed by atoms with Crippen molar-refractivity contribution < 1.29 is 4.79 Å². The minimum absolute atomic E-state index is 0.0721. The summed E-state index contributed by atoms with van der Waals surface area (Å²) >= 11 is 0. The van der Waals surface area contributed by atoms with Gasteiger partial charge in [-0.3, -0.25) is 14.2 Å². The van der Waals surface area contributed by atoms with E-state index < -0.39 is 17.2 Å². The van der Waals surface area contributed by atoms with Gasteiger partial charge in [-0.25, -0.2) is 4.79 Å². The van der Waals surface area contributed by atoms with E-state index in [0.29, 0.717) is 18.8 Å². The Bertz CT molecular complexity index is 1210. The summed E-state index contributed by atoms with van der Waals surface area (Å²) < 4.78 is 2.24. The van der Waals surface area contributed by atoms with E-state index in [0.717, 1.165) is 33.5 Å². The van der Waals surface area contributed by atoms with E-state index in [9.17, 15) is 14.4 Å². The first-order chi connectivity index (χ1) is 15.0. The number of aryl methyl sites for hydroxylation is 1. The highest BCUT2D eigenvalue weighted by Crippen LogP contribution is 2.09. The summed E-state index contributed by atoms with van der Waals surface area (Å²) in [4.78, 5) is 43.5. The van der Waals surface area contributed by atoms with Crippen LogP contribution in [0.2, 0.25) is 0 Å². The Morgan fingerprint density at radius 3 is 2.26 bits per heavy atom. The van der Waals surface area contributed by atoms with Crippen molar-refractivity contribution in [3.63, 3.8) is 0 Å². The predicted molar refractivity (Wildman–Crippen MR) is 118 cm³/mol. The molecule has 0 unspecified atom stereocenters. The highest BCUT2D eigenvalue weighted by atomic mass is 16.2. The number of carbonyl (C=O) groups is 1. The quantitative estimate of drug-likeness (QED) is 0.634. The van der Waals surface area contributed by atoms with Crippen LogP contribution in [-0.2, 0) is 6.54 Å². The maximum Gasteiger partial charge on any atom is 0.352 e. The molecular weight excluding hydrogens is 394 g/mol. The highest BCUT2D eigenvalue weighted by Gasteiger charge is 2.27. The van der Waals surface area contributed by atoms with E-state index in [-0.39, 0.29) is 12.2 Å². The maximum atomic E-state index is 13.3. The number of para-hydroxylation sites is 1. The molecule has 8 nitrogen and oxygen atoms in total. The van der Waals surface area contributed by atoms with Gasteiger partial charge in [0.05, 0.1) is 12.2 Å². The Labute approximate surface area is 180 Å². The standard InChI is InChI=1S/C23H25N5O3/c1-17-8-6-7-9-18(17)16-27-22(30)20(21(29)26-14-12-25(2)13-15-26)24-28(23(27)31)19-10-4-3-5-11-19/h3-11H,12-16H2,1-2H3. The molecule has 160 valence electrons. The molecule has 0 radical (unpaired) electrons. The lowest BCUT2D eigenvalue weighted by atomic mass is 10.1. The van der Waals surface area contributed by atoms with Crippen LogP contribution in [-0.4, -0.2) is 63.3 Å². The van der Waals surface area contributed by atoms with Crippen LogP contribution in [0.5, 0.6) is 0 Å². The van der Waals surface area contributed by atoms with Crippen molar-refractivity contribution >= 4 is 5.91 Å². The van der Waals surface area contributed by atoms with Crippen LogP contribution in [0.1, 0.15) is 21.6 Å². The Kier molecular flexibility index (Phi) is 5.81. The molecule has 0 N–H and O–H groups in total. The fourth-order valence-electron chi connectivity index (χ4n) is 3.64. The van der Waals surface area contributed by atoms with Crippen LogP contribution in [0.4, 0.5) is 0 Å². The van der Waals surface area contributed by atoms with Gasteiger partial charge < -0.3 is 9.80 Å². The number of hydrogen-bond acceptors (Lipinski definition) is 5. The van der Waals surface area contributed by atoms with Crippen molar-refractivity contribution in [2.45, 2.75) is 13.5 Å². The first kappa shape index (κ1) is 20.7. The second kappa shape index (κ2) is 8.69. The third-order valence-corrected chi connectivity index (χ3v) is 5.64. The van der Waals surface area contributed by atoms with Crippen LogP contribution in [0.15, 0.2) is 64.2 Å². The monoisotopic (exact) mass is 419 g/mol. The molecule has 1 aromatic heterocycles. The number of piperazine rings is 1. The van der Waals surface area contributed by atoms with Gasteiger partial charge in [0.25, 0.3) is 11.5 Å². The summed E-state index contributed by atoms with van der Waals surface area (Å²) in [5, 5.41) is 4.23. The molecule has 4 rings (SSSR count). The van der Waals surface area contributed by atoms with Gasteiger partial charge in [0, 0.05) is 26.2 Å². The van der Waals surface area contributed by atoms with Gasteiger partial charge in [-0.1, -0.05) is 42.5 Å². The molecule has 2 aromatic carbocycles. The molecular formula is C23H25N5O3. The first-order valence-electron chi connectivity index (χ1n) is 10.3. The number of amides is 1. The normalized spacial score (nSPS) is 14.6. The Balaban J connectivity index is 1.85. The summed E-state index contributed by atoms with van der Waals surface area (Å²) in [5.74, 6) is -0.443. The van der Waals surface area contributed by atoms with Crippen LogP contribution in [0.3, 0.4) is 0 Å². The van der Waals surface area contributed by atoms with Crippen molar-refractivity contribution in [1.82, 2.24) is 24.1 Å². The Morgan fingerprint density at radius 2 is 1.58 bits per heavy atom.